The molecule has 2 nitrogen and oxygen atoms in total. The lowest BCUT2D eigenvalue weighted by atomic mass is 9.95. The van der Waals surface area contributed by atoms with Crippen molar-refractivity contribution in [2.24, 2.45) is 0 Å². The van der Waals surface area contributed by atoms with E-state index in [1.54, 1.807) is 0 Å². The van der Waals surface area contributed by atoms with Crippen molar-refractivity contribution in [3.8, 4) is 0 Å². The summed E-state index contributed by atoms with van der Waals surface area (Å²) in [5.41, 5.74) is 2.37. The van der Waals surface area contributed by atoms with Crippen molar-refractivity contribution in [2.45, 2.75) is 64.0 Å². The minimum absolute atomic E-state index is 0.331. The van der Waals surface area contributed by atoms with Gasteiger partial charge in [0.05, 0.1) is 6.10 Å². The summed E-state index contributed by atoms with van der Waals surface area (Å²) in [6, 6.07) is 9.04. The van der Waals surface area contributed by atoms with Crippen LogP contribution in [-0.2, 0) is 6.42 Å². The first kappa shape index (κ1) is 14.5. The molecule has 0 radical (unpaired) electrons. The topological polar surface area (TPSA) is 32.3 Å². The molecule has 106 valence electrons. The number of aliphatic hydroxyl groups excluding tert-OH is 1. The molecule has 2 heteroatoms. The van der Waals surface area contributed by atoms with Crippen LogP contribution in [0.5, 0.6) is 0 Å². The molecule has 0 aliphatic heterocycles. The van der Waals surface area contributed by atoms with Gasteiger partial charge in [-0.1, -0.05) is 50.5 Å². The second-order valence-electron chi connectivity index (χ2n) is 5.69. The van der Waals surface area contributed by atoms with Crippen LogP contribution >= 0.6 is 0 Å². The van der Waals surface area contributed by atoms with E-state index in [0.29, 0.717) is 6.04 Å². The van der Waals surface area contributed by atoms with Crippen molar-refractivity contribution in [1.29, 1.82) is 0 Å². The van der Waals surface area contributed by atoms with Gasteiger partial charge >= 0.3 is 0 Å². The maximum atomic E-state index is 10.2. The Balaban J connectivity index is 1.72. The fraction of sp³-hybridized carbons (Fsp3) is 0.647. The average molecular weight is 261 g/mol. The van der Waals surface area contributed by atoms with Crippen molar-refractivity contribution in [2.75, 3.05) is 6.54 Å². The maximum absolute atomic E-state index is 10.2. The maximum Gasteiger partial charge on any atom is 0.0802 e. The molecular weight excluding hydrogens is 234 g/mol. The Morgan fingerprint density at radius 3 is 2.47 bits per heavy atom. The van der Waals surface area contributed by atoms with Crippen LogP contribution in [0.1, 0.15) is 62.7 Å². The molecule has 1 aromatic rings. The number of hydrogen-bond acceptors (Lipinski definition) is 2. The predicted molar refractivity (Wildman–Crippen MR) is 80.3 cm³/mol. The predicted octanol–water partition coefficient (Wildman–Crippen LogP) is 3.59. The van der Waals surface area contributed by atoms with Gasteiger partial charge in [-0.3, -0.25) is 0 Å². The van der Waals surface area contributed by atoms with Gasteiger partial charge in [-0.2, -0.15) is 0 Å². The zero-order chi connectivity index (χ0) is 13.5. The summed E-state index contributed by atoms with van der Waals surface area (Å²) >= 11 is 0. The largest absolute Gasteiger partial charge is 0.388 e. The summed E-state index contributed by atoms with van der Waals surface area (Å²) in [5.74, 6) is 0. The minimum atomic E-state index is -0.331. The van der Waals surface area contributed by atoms with Crippen molar-refractivity contribution >= 4 is 0 Å². The number of rotatable bonds is 6. The summed E-state index contributed by atoms with van der Waals surface area (Å²) in [7, 11) is 0. The van der Waals surface area contributed by atoms with Crippen LogP contribution in [0.25, 0.3) is 0 Å². The zero-order valence-electron chi connectivity index (χ0n) is 12.1. The third-order valence-corrected chi connectivity index (χ3v) is 4.23. The van der Waals surface area contributed by atoms with E-state index in [4.69, 9.17) is 0 Å². The van der Waals surface area contributed by atoms with Crippen LogP contribution in [0, 0.1) is 0 Å². The molecule has 1 atom stereocenters. The Morgan fingerprint density at radius 1 is 1.16 bits per heavy atom. The first-order chi connectivity index (χ1) is 9.29. The molecule has 0 heterocycles. The molecule has 2 N–H and O–H groups in total. The number of hydrogen-bond donors (Lipinski definition) is 2. The standard InChI is InChI=1S/C17H27NO/c1-2-14-8-10-15(11-9-14)17(19)12-13-18-16-6-4-3-5-7-16/h8-11,16-19H,2-7,12-13H2,1H3. The molecular formula is C17H27NO. The molecule has 0 saturated heterocycles. The summed E-state index contributed by atoms with van der Waals surface area (Å²) in [6.07, 6.45) is 8.26. The molecule has 0 spiro atoms. The smallest absolute Gasteiger partial charge is 0.0802 e. The van der Waals surface area contributed by atoms with Gasteiger partial charge in [-0.05, 0) is 43.4 Å². The molecule has 0 aromatic heterocycles. The summed E-state index contributed by atoms with van der Waals surface area (Å²) in [6.45, 7) is 3.07. The highest BCUT2D eigenvalue weighted by Crippen LogP contribution is 2.19. The Kier molecular flexibility index (Phi) is 5.87. The Morgan fingerprint density at radius 2 is 1.84 bits per heavy atom. The average Bonchev–Trinajstić information content (AvgIpc) is 2.48. The molecule has 0 bridgehead atoms. The van der Waals surface area contributed by atoms with Gasteiger partial charge in [0.1, 0.15) is 0 Å². The summed E-state index contributed by atoms with van der Waals surface area (Å²) in [5, 5.41) is 13.8. The lowest BCUT2D eigenvalue weighted by molar-refractivity contribution is 0.164. The summed E-state index contributed by atoms with van der Waals surface area (Å²) < 4.78 is 0. The fourth-order valence-electron chi connectivity index (χ4n) is 2.87. The molecule has 1 aliphatic rings. The lowest BCUT2D eigenvalue weighted by Crippen LogP contribution is -2.32. The molecule has 1 aromatic carbocycles. The molecule has 2 rings (SSSR count). The number of aliphatic hydroxyl groups is 1. The second kappa shape index (κ2) is 7.66. The van der Waals surface area contributed by atoms with Gasteiger partial charge < -0.3 is 10.4 Å². The van der Waals surface area contributed by atoms with E-state index in [-0.39, 0.29) is 6.10 Å². The van der Waals surface area contributed by atoms with Crippen molar-refractivity contribution in [1.82, 2.24) is 5.32 Å². The van der Waals surface area contributed by atoms with Crippen LogP contribution in [0.3, 0.4) is 0 Å². The van der Waals surface area contributed by atoms with E-state index < -0.39 is 0 Å². The molecule has 19 heavy (non-hydrogen) atoms. The van der Waals surface area contributed by atoms with E-state index in [0.717, 1.165) is 24.9 Å². The van der Waals surface area contributed by atoms with Gasteiger partial charge in [0.15, 0.2) is 0 Å². The van der Waals surface area contributed by atoms with Gasteiger partial charge in [-0.25, -0.2) is 0 Å². The number of aryl methyl sites for hydroxylation is 1. The molecule has 1 aliphatic carbocycles. The highest BCUT2D eigenvalue weighted by Gasteiger charge is 2.13. The van der Waals surface area contributed by atoms with Crippen LogP contribution in [0.15, 0.2) is 24.3 Å². The molecule has 1 unspecified atom stereocenters. The number of nitrogens with one attached hydrogen (secondary N) is 1. The molecule has 0 amide bonds. The van der Waals surface area contributed by atoms with Crippen LogP contribution in [0.4, 0.5) is 0 Å². The van der Waals surface area contributed by atoms with Crippen molar-refractivity contribution < 1.29 is 5.11 Å². The summed E-state index contributed by atoms with van der Waals surface area (Å²) in [4.78, 5) is 0. The van der Waals surface area contributed by atoms with Gasteiger partial charge in [0.2, 0.25) is 0 Å². The second-order valence-corrected chi connectivity index (χ2v) is 5.69. The van der Waals surface area contributed by atoms with Crippen LogP contribution < -0.4 is 5.32 Å². The first-order valence-electron chi connectivity index (χ1n) is 7.80. The molecule has 1 fully saturated rings. The van der Waals surface area contributed by atoms with E-state index in [9.17, 15) is 5.11 Å². The highest BCUT2D eigenvalue weighted by molar-refractivity contribution is 5.24. The van der Waals surface area contributed by atoms with Gasteiger partial charge in [0, 0.05) is 6.04 Å². The van der Waals surface area contributed by atoms with Gasteiger partial charge in [-0.15, -0.1) is 0 Å². The van der Waals surface area contributed by atoms with Crippen LogP contribution in [0.2, 0.25) is 0 Å². The normalized spacial score (nSPS) is 18.4. The third-order valence-electron chi connectivity index (χ3n) is 4.23. The molecule has 1 saturated carbocycles. The van der Waals surface area contributed by atoms with E-state index in [1.165, 1.54) is 37.7 Å². The Hall–Kier alpha value is -0.860. The zero-order valence-corrected chi connectivity index (χ0v) is 12.1. The number of benzene rings is 1. The van der Waals surface area contributed by atoms with Crippen molar-refractivity contribution in [3.05, 3.63) is 35.4 Å². The van der Waals surface area contributed by atoms with Crippen molar-refractivity contribution in [3.63, 3.8) is 0 Å². The quantitative estimate of drug-likeness (QED) is 0.820. The fourth-order valence-corrected chi connectivity index (χ4v) is 2.87. The third kappa shape index (κ3) is 4.63. The van der Waals surface area contributed by atoms with Crippen LogP contribution in [-0.4, -0.2) is 17.7 Å². The first-order valence-corrected chi connectivity index (χ1v) is 7.80. The Bertz CT molecular complexity index is 354. The SMILES string of the molecule is CCc1ccc(C(O)CCNC2CCCCC2)cc1. The van der Waals surface area contributed by atoms with Gasteiger partial charge in [0.25, 0.3) is 0 Å². The van der Waals surface area contributed by atoms with E-state index in [2.05, 4.69) is 36.5 Å². The van der Waals surface area contributed by atoms with E-state index >= 15 is 0 Å². The Labute approximate surface area is 117 Å². The lowest BCUT2D eigenvalue weighted by Gasteiger charge is -2.23. The van der Waals surface area contributed by atoms with E-state index in [1.807, 2.05) is 0 Å². The minimum Gasteiger partial charge on any atom is -0.388 e. The monoisotopic (exact) mass is 261 g/mol. The highest BCUT2D eigenvalue weighted by atomic mass is 16.3.